The summed E-state index contributed by atoms with van der Waals surface area (Å²) in [4.78, 5) is 4.21. The first-order valence-electron chi connectivity index (χ1n) is 5.89. The van der Waals surface area contributed by atoms with Crippen LogP contribution in [0.15, 0.2) is 47.5 Å². The first-order chi connectivity index (χ1) is 9.11. The Morgan fingerprint density at radius 1 is 1.00 bits per heavy atom. The second kappa shape index (κ2) is 5.69. The van der Waals surface area contributed by atoms with Gasteiger partial charge in [0.05, 0.1) is 17.0 Å². The van der Waals surface area contributed by atoms with E-state index in [1.165, 1.54) is 0 Å². The van der Waals surface area contributed by atoms with Crippen LogP contribution >= 0.6 is 0 Å². The molecule has 0 radical (unpaired) electrons. The molecule has 0 heterocycles. The van der Waals surface area contributed by atoms with E-state index in [0.717, 1.165) is 0 Å². The minimum atomic E-state index is -0.936. The largest absolute Gasteiger partial charge is 0.253 e. The van der Waals surface area contributed by atoms with Gasteiger partial charge in [-0.05, 0) is 18.6 Å². The lowest BCUT2D eigenvalue weighted by atomic mass is 10.1. The Morgan fingerprint density at radius 3 is 2.11 bits per heavy atom. The van der Waals surface area contributed by atoms with E-state index >= 15 is 0 Å². The van der Waals surface area contributed by atoms with E-state index < -0.39 is 17.5 Å². The highest BCUT2D eigenvalue weighted by Crippen LogP contribution is 2.20. The molecule has 0 aliphatic heterocycles. The molecule has 0 spiro atoms. The van der Waals surface area contributed by atoms with E-state index in [9.17, 15) is 13.2 Å². The zero-order valence-electron chi connectivity index (χ0n) is 10.3. The molecule has 0 unspecified atom stereocenters. The van der Waals surface area contributed by atoms with Gasteiger partial charge < -0.3 is 0 Å². The highest BCUT2D eigenvalue weighted by atomic mass is 19.1. The lowest BCUT2D eigenvalue weighted by molar-refractivity contribution is 0.540. The standard InChI is InChI=1S/C15H12F3N/c1-2-14(19-11-6-4-3-5-7-11)15-12(17)8-10(16)9-13(15)18/h3-9H,2H2,1H3. The van der Waals surface area contributed by atoms with E-state index in [4.69, 9.17) is 0 Å². The Hall–Kier alpha value is -2.10. The number of nitrogens with zero attached hydrogens (tertiary/aromatic N) is 1. The molecule has 0 saturated carbocycles. The fraction of sp³-hybridized carbons (Fsp3) is 0.133. The highest BCUT2D eigenvalue weighted by molar-refractivity contribution is 6.02. The van der Waals surface area contributed by atoms with Crippen LogP contribution in [-0.4, -0.2) is 5.71 Å². The Balaban J connectivity index is 2.52. The smallest absolute Gasteiger partial charge is 0.138 e. The number of rotatable bonds is 3. The van der Waals surface area contributed by atoms with Gasteiger partial charge in [-0.15, -0.1) is 0 Å². The van der Waals surface area contributed by atoms with E-state index in [0.29, 0.717) is 24.2 Å². The maximum Gasteiger partial charge on any atom is 0.138 e. The molecule has 19 heavy (non-hydrogen) atoms. The quantitative estimate of drug-likeness (QED) is 0.716. The van der Waals surface area contributed by atoms with Crippen molar-refractivity contribution in [2.45, 2.75) is 13.3 Å². The van der Waals surface area contributed by atoms with Crippen LogP contribution in [0.2, 0.25) is 0 Å². The van der Waals surface area contributed by atoms with Crippen LogP contribution in [0, 0.1) is 17.5 Å². The zero-order valence-corrected chi connectivity index (χ0v) is 10.3. The summed E-state index contributed by atoms with van der Waals surface area (Å²) >= 11 is 0. The van der Waals surface area contributed by atoms with Crippen LogP contribution in [0.3, 0.4) is 0 Å². The molecule has 2 aromatic rings. The van der Waals surface area contributed by atoms with Gasteiger partial charge in [-0.1, -0.05) is 25.1 Å². The van der Waals surface area contributed by atoms with Gasteiger partial charge in [0.15, 0.2) is 0 Å². The molecular formula is C15H12F3N. The normalized spacial score (nSPS) is 11.7. The van der Waals surface area contributed by atoms with Gasteiger partial charge in [0, 0.05) is 12.1 Å². The van der Waals surface area contributed by atoms with Crippen molar-refractivity contribution in [1.29, 1.82) is 0 Å². The van der Waals surface area contributed by atoms with Crippen molar-refractivity contribution in [3.8, 4) is 0 Å². The monoisotopic (exact) mass is 263 g/mol. The van der Waals surface area contributed by atoms with Crippen LogP contribution in [0.25, 0.3) is 0 Å². The highest BCUT2D eigenvalue weighted by Gasteiger charge is 2.16. The molecule has 0 aliphatic rings. The van der Waals surface area contributed by atoms with Crippen LogP contribution in [0.4, 0.5) is 18.9 Å². The molecule has 1 nitrogen and oxygen atoms in total. The summed E-state index contributed by atoms with van der Waals surface area (Å²) < 4.78 is 40.3. The van der Waals surface area contributed by atoms with E-state index in [-0.39, 0.29) is 11.3 Å². The molecule has 0 fully saturated rings. The van der Waals surface area contributed by atoms with Gasteiger partial charge in [-0.3, -0.25) is 4.99 Å². The number of hydrogen-bond acceptors (Lipinski definition) is 1. The van der Waals surface area contributed by atoms with E-state index in [1.807, 2.05) is 6.07 Å². The number of benzene rings is 2. The van der Waals surface area contributed by atoms with Gasteiger partial charge in [0.1, 0.15) is 17.5 Å². The van der Waals surface area contributed by atoms with Gasteiger partial charge in [-0.25, -0.2) is 13.2 Å². The minimum absolute atomic E-state index is 0.251. The second-order valence-corrected chi connectivity index (χ2v) is 3.99. The van der Waals surface area contributed by atoms with Crippen molar-refractivity contribution in [2.24, 2.45) is 4.99 Å². The molecule has 2 aromatic carbocycles. The third-order valence-corrected chi connectivity index (χ3v) is 2.65. The molecule has 0 atom stereocenters. The van der Waals surface area contributed by atoms with Gasteiger partial charge in [0.2, 0.25) is 0 Å². The molecule has 2 rings (SSSR count). The molecule has 4 heteroatoms. The fourth-order valence-electron chi connectivity index (χ4n) is 1.79. The maximum absolute atomic E-state index is 13.7. The van der Waals surface area contributed by atoms with Crippen molar-refractivity contribution >= 4 is 11.4 Å². The van der Waals surface area contributed by atoms with Crippen molar-refractivity contribution in [3.05, 3.63) is 65.5 Å². The number of halogens is 3. The number of hydrogen-bond donors (Lipinski definition) is 0. The lowest BCUT2D eigenvalue weighted by Gasteiger charge is -2.07. The average molecular weight is 263 g/mol. The van der Waals surface area contributed by atoms with Crippen molar-refractivity contribution in [1.82, 2.24) is 0 Å². The summed E-state index contributed by atoms with van der Waals surface area (Å²) in [6.45, 7) is 1.74. The summed E-state index contributed by atoms with van der Waals surface area (Å²) in [5.41, 5.74) is 0.580. The van der Waals surface area contributed by atoms with Crippen molar-refractivity contribution in [3.63, 3.8) is 0 Å². The summed E-state index contributed by atoms with van der Waals surface area (Å²) in [6.07, 6.45) is 0.342. The SMILES string of the molecule is CCC(=Nc1ccccc1)c1c(F)cc(F)cc1F. The van der Waals surface area contributed by atoms with Crippen molar-refractivity contribution < 1.29 is 13.2 Å². The average Bonchev–Trinajstić information content (AvgIpc) is 2.37. The summed E-state index contributed by atoms with van der Waals surface area (Å²) in [6, 6.07) is 10.2. The zero-order chi connectivity index (χ0) is 13.8. The molecule has 0 amide bonds. The molecule has 0 N–H and O–H groups in total. The predicted molar refractivity (Wildman–Crippen MR) is 69.2 cm³/mol. The Bertz CT molecular complexity index is 583. The predicted octanol–water partition coefficient (Wildman–Crippen LogP) is 4.63. The van der Waals surface area contributed by atoms with Crippen molar-refractivity contribution in [2.75, 3.05) is 0 Å². The fourth-order valence-corrected chi connectivity index (χ4v) is 1.79. The summed E-state index contributed by atoms with van der Waals surface area (Å²) in [5, 5.41) is 0. The Kier molecular flexibility index (Phi) is 4.00. The van der Waals surface area contributed by atoms with Gasteiger partial charge in [0.25, 0.3) is 0 Å². The lowest BCUT2D eigenvalue weighted by Crippen LogP contribution is -2.06. The van der Waals surface area contributed by atoms with Crippen LogP contribution in [-0.2, 0) is 0 Å². The maximum atomic E-state index is 13.7. The molecule has 0 saturated heterocycles. The van der Waals surface area contributed by atoms with Gasteiger partial charge >= 0.3 is 0 Å². The molecule has 0 bridgehead atoms. The first-order valence-corrected chi connectivity index (χ1v) is 5.89. The summed E-state index contributed by atoms with van der Waals surface area (Å²) in [7, 11) is 0. The third-order valence-electron chi connectivity index (χ3n) is 2.65. The second-order valence-electron chi connectivity index (χ2n) is 3.99. The first kappa shape index (κ1) is 13.3. The third kappa shape index (κ3) is 3.02. The Labute approximate surface area is 109 Å². The van der Waals surface area contributed by atoms with E-state index in [2.05, 4.69) is 4.99 Å². The Morgan fingerprint density at radius 2 is 1.58 bits per heavy atom. The molecule has 0 aromatic heterocycles. The topological polar surface area (TPSA) is 12.4 Å². The summed E-state index contributed by atoms with van der Waals surface area (Å²) in [5.74, 6) is -2.81. The molecular weight excluding hydrogens is 251 g/mol. The molecule has 0 aliphatic carbocycles. The number of para-hydroxylation sites is 1. The van der Waals surface area contributed by atoms with Crippen LogP contribution < -0.4 is 0 Å². The van der Waals surface area contributed by atoms with Crippen LogP contribution in [0.1, 0.15) is 18.9 Å². The van der Waals surface area contributed by atoms with Crippen LogP contribution in [0.5, 0.6) is 0 Å². The molecule has 98 valence electrons. The minimum Gasteiger partial charge on any atom is -0.253 e. The van der Waals surface area contributed by atoms with E-state index in [1.54, 1.807) is 31.2 Å². The van der Waals surface area contributed by atoms with Gasteiger partial charge in [-0.2, -0.15) is 0 Å². The number of aliphatic imine (C=N–C) groups is 1.